The number of carbonyl (C=O) groups is 1. The van der Waals surface area contributed by atoms with Gasteiger partial charge in [0.2, 0.25) is 13.1 Å². The molecule has 8 heteroatoms. The minimum Gasteiger partial charge on any atom is -0.422 e. The van der Waals surface area contributed by atoms with E-state index in [-0.39, 0.29) is 6.73 Å². The molecule has 1 N–H and O–H groups in total. The molecule has 0 aliphatic heterocycles. The van der Waals surface area contributed by atoms with E-state index in [1.54, 1.807) is 27.9 Å². The maximum Gasteiger partial charge on any atom is 0.333 e. The van der Waals surface area contributed by atoms with E-state index in [9.17, 15) is 4.79 Å². The third-order valence-electron chi connectivity index (χ3n) is 1.55. The SMILES string of the molecule is C=CC(=O)OCn1cc[n+](CSOOO)c1. The van der Waals surface area contributed by atoms with E-state index in [2.05, 4.69) is 16.0 Å². The van der Waals surface area contributed by atoms with Gasteiger partial charge in [-0.15, -0.1) is 4.33 Å². The first-order valence-corrected chi connectivity index (χ1v) is 5.11. The standard InChI is InChI=1S/C8H10N2O5S/c1-2-8(11)13-6-9-3-4-10(5-9)7-16-15-14-12/h2-5H,1,6-7H2/p+1. The van der Waals surface area contributed by atoms with Gasteiger partial charge in [0.05, 0.1) is 12.0 Å². The molecule has 16 heavy (non-hydrogen) atoms. The van der Waals surface area contributed by atoms with Crippen LogP contribution in [-0.2, 0) is 31.5 Å². The van der Waals surface area contributed by atoms with Crippen molar-refractivity contribution in [2.24, 2.45) is 0 Å². The Morgan fingerprint density at radius 2 is 2.50 bits per heavy atom. The number of imidazole rings is 1. The number of nitrogens with zero attached hydrogens (tertiary/aromatic N) is 2. The van der Waals surface area contributed by atoms with Crippen LogP contribution in [0.3, 0.4) is 0 Å². The zero-order valence-corrected chi connectivity index (χ0v) is 9.13. The molecule has 1 aromatic heterocycles. The summed E-state index contributed by atoms with van der Waals surface area (Å²) in [6.45, 7) is 3.39. The first kappa shape index (κ1) is 12.7. The second-order valence-electron chi connectivity index (χ2n) is 2.63. The number of hydrogen-bond donors (Lipinski definition) is 1. The quantitative estimate of drug-likeness (QED) is 0.144. The Hall–Kier alpha value is -1.35. The fourth-order valence-corrected chi connectivity index (χ4v) is 1.25. The van der Waals surface area contributed by atoms with Crippen LogP contribution in [0.1, 0.15) is 0 Å². The smallest absolute Gasteiger partial charge is 0.333 e. The zero-order chi connectivity index (χ0) is 11.8. The predicted molar refractivity (Wildman–Crippen MR) is 53.3 cm³/mol. The van der Waals surface area contributed by atoms with Crippen LogP contribution in [0.2, 0.25) is 0 Å². The third kappa shape index (κ3) is 4.45. The van der Waals surface area contributed by atoms with Crippen LogP contribution in [0.4, 0.5) is 0 Å². The third-order valence-corrected chi connectivity index (χ3v) is 2.11. The van der Waals surface area contributed by atoms with Crippen molar-refractivity contribution in [2.75, 3.05) is 0 Å². The Morgan fingerprint density at radius 1 is 1.69 bits per heavy atom. The van der Waals surface area contributed by atoms with Crippen LogP contribution in [0.25, 0.3) is 0 Å². The highest BCUT2D eigenvalue weighted by atomic mass is 32.2. The van der Waals surface area contributed by atoms with E-state index in [4.69, 9.17) is 9.99 Å². The lowest BCUT2D eigenvalue weighted by Crippen LogP contribution is -2.29. The van der Waals surface area contributed by atoms with Crippen LogP contribution in [-0.4, -0.2) is 15.8 Å². The molecular formula is C8H11N2O5S+. The van der Waals surface area contributed by atoms with E-state index < -0.39 is 5.97 Å². The summed E-state index contributed by atoms with van der Waals surface area (Å²) in [5.41, 5.74) is 0. The van der Waals surface area contributed by atoms with Gasteiger partial charge in [-0.1, -0.05) is 11.6 Å². The first-order chi connectivity index (χ1) is 7.76. The van der Waals surface area contributed by atoms with Crippen molar-refractivity contribution in [3.63, 3.8) is 0 Å². The molecule has 0 radical (unpaired) electrons. The lowest BCUT2D eigenvalue weighted by molar-refractivity contribution is -0.676. The summed E-state index contributed by atoms with van der Waals surface area (Å²) in [6, 6.07) is 0. The molecule has 1 heterocycles. The molecule has 0 atom stereocenters. The molecule has 7 nitrogen and oxygen atoms in total. The fraction of sp³-hybridized carbons (Fsp3) is 0.250. The van der Waals surface area contributed by atoms with Crippen molar-refractivity contribution in [2.45, 2.75) is 12.6 Å². The number of aromatic nitrogens is 2. The van der Waals surface area contributed by atoms with Crippen LogP contribution < -0.4 is 4.57 Å². The summed E-state index contributed by atoms with van der Waals surface area (Å²) in [6.07, 6.45) is 6.26. The Balaban J connectivity index is 2.33. The molecule has 88 valence electrons. The Kier molecular flexibility index (Phi) is 5.57. The molecular weight excluding hydrogens is 236 g/mol. The molecule has 0 bridgehead atoms. The zero-order valence-electron chi connectivity index (χ0n) is 8.31. The van der Waals surface area contributed by atoms with Gasteiger partial charge in [-0.25, -0.2) is 19.2 Å². The second kappa shape index (κ2) is 7.01. The highest BCUT2D eigenvalue weighted by molar-refractivity contribution is 7.93. The molecule has 0 unspecified atom stereocenters. The summed E-state index contributed by atoms with van der Waals surface area (Å²) in [5, 5.41) is 11.3. The molecule has 0 aromatic carbocycles. The van der Waals surface area contributed by atoms with Crippen LogP contribution in [0, 0.1) is 0 Å². The van der Waals surface area contributed by atoms with Crippen molar-refractivity contribution in [3.8, 4) is 0 Å². The van der Waals surface area contributed by atoms with Crippen molar-refractivity contribution < 1.29 is 28.7 Å². The maximum absolute atomic E-state index is 10.8. The summed E-state index contributed by atoms with van der Waals surface area (Å²) in [5.74, 6) is -0.0604. The molecule has 1 rings (SSSR count). The highest BCUT2D eigenvalue weighted by Gasteiger charge is 2.05. The van der Waals surface area contributed by atoms with Gasteiger partial charge in [0.15, 0.2) is 5.88 Å². The van der Waals surface area contributed by atoms with Gasteiger partial charge in [-0.05, 0) is 0 Å². The molecule has 0 fully saturated rings. The van der Waals surface area contributed by atoms with Crippen molar-refractivity contribution >= 4 is 18.0 Å². The topological polar surface area (TPSA) is 73.8 Å². The van der Waals surface area contributed by atoms with Gasteiger partial charge < -0.3 is 4.74 Å². The second-order valence-corrected chi connectivity index (χ2v) is 3.26. The molecule has 0 saturated heterocycles. The first-order valence-electron chi connectivity index (χ1n) is 4.20. The van der Waals surface area contributed by atoms with E-state index in [0.717, 1.165) is 18.1 Å². The molecule has 0 amide bonds. The van der Waals surface area contributed by atoms with Crippen LogP contribution >= 0.6 is 12.0 Å². The minimum atomic E-state index is -0.480. The van der Waals surface area contributed by atoms with Crippen molar-refractivity contribution in [1.82, 2.24) is 4.57 Å². The minimum absolute atomic E-state index is 0.111. The number of rotatable bonds is 7. The summed E-state index contributed by atoms with van der Waals surface area (Å²) < 4.78 is 12.4. The van der Waals surface area contributed by atoms with Gasteiger partial charge in [-0.2, -0.15) is 0 Å². The molecule has 1 aromatic rings. The normalized spacial score (nSPS) is 10.1. The van der Waals surface area contributed by atoms with Gasteiger partial charge in [-0.3, -0.25) is 0 Å². The maximum atomic E-state index is 10.8. The number of esters is 1. The largest absolute Gasteiger partial charge is 0.422 e. The molecule has 0 spiro atoms. The fourth-order valence-electron chi connectivity index (χ4n) is 0.892. The average molecular weight is 247 g/mol. The summed E-state index contributed by atoms with van der Waals surface area (Å²) in [7, 11) is 0. The number of carbonyl (C=O) groups excluding carboxylic acids is 1. The van der Waals surface area contributed by atoms with Gasteiger partial charge >= 0.3 is 5.97 Å². The molecule has 0 saturated carbocycles. The van der Waals surface area contributed by atoms with Gasteiger partial charge in [0, 0.05) is 6.08 Å². The average Bonchev–Trinajstić information content (AvgIpc) is 2.74. The van der Waals surface area contributed by atoms with E-state index >= 15 is 0 Å². The van der Waals surface area contributed by atoms with Crippen LogP contribution in [0.15, 0.2) is 31.4 Å². The van der Waals surface area contributed by atoms with E-state index in [1.165, 1.54) is 0 Å². The highest BCUT2D eigenvalue weighted by Crippen LogP contribution is 2.00. The number of ether oxygens (including phenoxy) is 1. The Bertz CT molecular complexity index is 354. The molecule has 0 aliphatic rings. The van der Waals surface area contributed by atoms with Crippen LogP contribution in [0.5, 0.6) is 0 Å². The van der Waals surface area contributed by atoms with E-state index in [0.29, 0.717) is 5.88 Å². The summed E-state index contributed by atoms with van der Waals surface area (Å²) in [4.78, 5) is 10.8. The lowest BCUT2D eigenvalue weighted by Gasteiger charge is -1.96. The van der Waals surface area contributed by atoms with E-state index in [1.807, 2.05) is 0 Å². The Morgan fingerprint density at radius 3 is 3.19 bits per heavy atom. The lowest BCUT2D eigenvalue weighted by atomic mass is 10.7. The van der Waals surface area contributed by atoms with Gasteiger partial charge in [0.25, 0.3) is 0 Å². The monoisotopic (exact) mass is 247 g/mol. The predicted octanol–water partition coefficient (Wildman–Crippen LogP) is 0.489. The van der Waals surface area contributed by atoms with Gasteiger partial charge in [0.1, 0.15) is 12.4 Å². The van der Waals surface area contributed by atoms with Crippen molar-refractivity contribution in [1.29, 1.82) is 0 Å². The Labute approximate surface area is 95.9 Å². The van der Waals surface area contributed by atoms with Crippen molar-refractivity contribution in [3.05, 3.63) is 31.4 Å². The number of hydrogen-bond acceptors (Lipinski definition) is 6. The summed E-state index contributed by atoms with van der Waals surface area (Å²) >= 11 is 0.902. The molecule has 0 aliphatic carbocycles.